The van der Waals surface area contributed by atoms with E-state index in [2.05, 4.69) is 31.6 Å². The molecule has 1 fully saturated rings. The first-order valence-corrected chi connectivity index (χ1v) is 11.5. The Morgan fingerprint density at radius 2 is 2.07 bits per heavy atom. The van der Waals surface area contributed by atoms with Crippen molar-refractivity contribution in [2.45, 2.75) is 24.8 Å². The van der Waals surface area contributed by atoms with Crippen LogP contribution in [-0.4, -0.2) is 46.7 Å². The van der Waals surface area contributed by atoms with Gasteiger partial charge in [0, 0.05) is 23.2 Å². The summed E-state index contributed by atoms with van der Waals surface area (Å²) in [5, 5.41) is 10.8. The molecule has 4 rings (SSSR count). The highest BCUT2D eigenvalue weighted by Gasteiger charge is 2.32. The highest BCUT2D eigenvalue weighted by molar-refractivity contribution is 9.10. The first-order chi connectivity index (χ1) is 13.8. The Kier molecular flexibility index (Phi) is 5.41. The molecule has 2 aromatic carbocycles. The van der Waals surface area contributed by atoms with Crippen molar-refractivity contribution >= 4 is 48.6 Å². The topological polar surface area (TPSA) is 97.2 Å². The van der Waals surface area contributed by atoms with Crippen molar-refractivity contribution in [2.75, 3.05) is 18.4 Å². The van der Waals surface area contributed by atoms with Crippen LogP contribution in [0.4, 0.5) is 5.69 Å². The van der Waals surface area contributed by atoms with Gasteiger partial charge in [-0.15, -0.1) is 5.10 Å². The van der Waals surface area contributed by atoms with E-state index >= 15 is 0 Å². The highest BCUT2D eigenvalue weighted by Crippen LogP contribution is 2.31. The Morgan fingerprint density at radius 1 is 1.28 bits per heavy atom. The summed E-state index contributed by atoms with van der Waals surface area (Å²) in [7, 11) is -3.63. The van der Waals surface area contributed by atoms with Crippen molar-refractivity contribution in [3.63, 3.8) is 0 Å². The molecule has 10 heteroatoms. The van der Waals surface area contributed by atoms with Crippen molar-refractivity contribution in [2.24, 2.45) is 5.92 Å². The second kappa shape index (κ2) is 7.85. The number of halogens is 1. The molecule has 1 aliphatic heterocycles. The van der Waals surface area contributed by atoms with Gasteiger partial charge >= 0.3 is 0 Å². The molecular formula is C19H20BrN5O3S. The van der Waals surface area contributed by atoms with E-state index in [1.807, 2.05) is 31.2 Å². The van der Waals surface area contributed by atoms with E-state index < -0.39 is 10.0 Å². The van der Waals surface area contributed by atoms with E-state index in [9.17, 15) is 13.2 Å². The van der Waals surface area contributed by atoms with Gasteiger partial charge in [-0.25, -0.2) is 13.1 Å². The minimum Gasteiger partial charge on any atom is -0.324 e. The molecule has 1 N–H and O–H groups in total. The molecule has 0 saturated carbocycles. The highest BCUT2D eigenvalue weighted by atomic mass is 79.9. The lowest BCUT2D eigenvalue weighted by Crippen LogP contribution is -2.29. The van der Waals surface area contributed by atoms with E-state index in [0.29, 0.717) is 34.7 Å². The molecule has 1 aliphatic rings. The number of nitrogens with one attached hydrogen (secondary N) is 1. The van der Waals surface area contributed by atoms with Gasteiger partial charge in [-0.1, -0.05) is 24.3 Å². The van der Waals surface area contributed by atoms with Gasteiger partial charge in [0.05, 0.1) is 10.4 Å². The number of para-hydroxylation sites is 1. The number of amides is 1. The summed E-state index contributed by atoms with van der Waals surface area (Å²) in [6.07, 6.45) is 0.846. The number of fused-ring (bicyclic) bond motifs is 1. The second-order valence-electron chi connectivity index (χ2n) is 7.19. The Labute approximate surface area is 177 Å². The van der Waals surface area contributed by atoms with Crippen LogP contribution in [-0.2, 0) is 21.4 Å². The monoisotopic (exact) mass is 477 g/mol. The molecule has 1 saturated heterocycles. The fourth-order valence-electron chi connectivity index (χ4n) is 3.40. The molecule has 1 amide bonds. The summed E-state index contributed by atoms with van der Waals surface area (Å²) in [5.74, 6) is 0.0186. The number of hydrogen-bond donors (Lipinski definition) is 1. The molecule has 2 heterocycles. The summed E-state index contributed by atoms with van der Waals surface area (Å²) >= 11 is 3.33. The first-order valence-electron chi connectivity index (χ1n) is 9.22. The summed E-state index contributed by atoms with van der Waals surface area (Å²) in [5.41, 5.74) is 1.87. The van der Waals surface area contributed by atoms with Gasteiger partial charge in [-0.05, 0) is 58.6 Å². The predicted molar refractivity (Wildman–Crippen MR) is 113 cm³/mol. The van der Waals surface area contributed by atoms with E-state index in [1.54, 1.807) is 12.1 Å². The quantitative estimate of drug-likeness (QED) is 0.609. The average molecular weight is 478 g/mol. The minimum atomic E-state index is -3.63. The van der Waals surface area contributed by atoms with Crippen LogP contribution in [0.15, 0.2) is 51.8 Å². The summed E-state index contributed by atoms with van der Waals surface area (Å²) in [6, 6.07) is 12.1. The van der Waals surface area contributed by atoms with Crippen molar-refractivity contribution < 1.29 is 13.2 Å². The van der Waals surface area contributed by atoms with Gasteiger partial charge in [-0.3, -0.25) is 4.79 Å². The molecule has 1 aromatic heterocycles. The number of aromatic nitrogens is 3. The number of anilines is 1. The van der Waals surface area contributed by atoms with Gasteiger partial charge < -0.3 is 5.32 Å². The Morgan fingerprint density at radius 3 is 2.83 bits per heavy atom. The van der Waals surface area contributed by atoms with E-state index in [-0.39, 0.29) is 17.3 Å². The molecule has 0 bridgehead atoms. The van der Waals surface area contributed by atoms with Crippen molar-refractivity contribution in [3.05, 3.63) is 46.9 Å². The average Bonchev–Trinajstić information content (AvgIpc) is 3.30. The van der Waals surface area contributed by atoms with Gasteiger partial charge in [0.15, 0.2) is 0 Å². The normalized spacial score (nSPS) is 17.7. The lowest BCUT2D eigenvalue weighted by molar-refractivity contribution is -0.116. The predicted octanol–water partition coefficient (Wildman–Crippen LogP) is 2.86. The SMILES string of the molecule is C[C@H]1CCN(S(=O)(=O)c2cc(NC(=O)Cn3nnc4ccccc43)ccc2Br)C1. The smallest absolute Gasteiger partial charge is 0.246 e. The van der Waals surface area contributed by atoms with Crippen LogP contribution in [0.5, 0.6) is 0 Å². The van der Waals surface area contributed by atoms with Crippen molar-refractivity contribution in [3.8, 4) is 0 Å². The summed E-state index contributed by atoms with van der Waals surface area (Å²) in [6.45, 7) is 3.02. The summed E-state index contributed by atoms with van der Waals surface area (Å²) < 4.78 is 29.5. The third-order valence-electron chi connectivity index (χ3n) is 4.93. The van der Waals surface area contributed by atoms with Gasteiger partial charge in [-0.2, -0.15) is 4.31 Å². The van der Waals surface area contributed by atoms with Gasteiger partial charge in [0.2, 0.25) is 15.9 Å². The largest absolute Gasteiger partial charge is 0.324 e. The number of carbonyl (C=O) groups excluding carboxylic acids is 1. The third kappa shape index (κ3) is 4.05. The van der Waals surface area contributed by atoms with Crippen LogP contribution in [0.25, 0.3) is 11.0 Å². The van der Waals surface area contributed by atoms with Crippen molar-refractivity contribution in [1.29, 1.82) is 0 Å². The van der Waals surface area contributed by atoms with E-state index in [0.717, 1.165) is 11.9 Å². The lowest BCUT2D eigenvalue weighted by atomic mass is 10.2. The fraction of sp³-hybridized carbons (Fsp3) is 0.316. The van der Waals surface area contributed by atoms with Gasteiger partial charge in [0.25, 0.3) is 0 Å². The molecule has 0 unspecified atom stereocenters. The maximum Gasteiger partial charge on any atom is 0.246 e. The molecule has 0 radical (unpaired) electrons. The second-order valence-corrected chi connectivity index (χ2v) is 9.95. The van der Waals surface area contributed by atoms with Crippen molar-refractivity contribution in [1.82, 2.24) is 19.3 Å². The van der Waals surface area contributed by atoms with E-state index in [4.69, 9.17) is 0 Å². The molecule has 0 aliphatic carbocycles. The minimum absolute atomic E-state index is 0.0255. The molecule has 8 nitrogen and oxygen atoms in total. The molecule has 29 heavy (non-hydrogen) atoms. The first kappa shape index (κ1) is 20.0. The molecule has 0 spiro atoms. The molecular weight excluding hydrogens is 458 g/mol. The van der Waals surface area contributed by atoms with Crippen LogP contribution < -0.4 is 5.32 Å². The van der Waals surface area contributed by atoms with E-state index in [1.165, 1.54) is 15.1 Å². The number of nitrogens with zero attached hydrogens (tertiary/aromatic N) is 4. The maximum atomic E-state index is 13.0. The van der Waals surface area contributed by atoms with Gasteiger partial charge in [0.1, 0.15) is 12.1 Å². The number of hydrogen-bond acceptors (Lipinski definition) is 5. The zero-order valence-corrected chi connectivity index (χ0v) is 18.1. The van der Waals surface area contributed by atoms with Crippen LogP contribution in [0.1, 0.15) is 13.3 Å². The zero-order chi connectivity index (χ0) is 20.6. The molecule has 3 aromatic rings. The number of rotatable bonds is 5. The molecule has 1 atom stereocenters. The third-order valence-corrected chi connectivity index (χ3v) is 7.79. The summed E-state index contributed by atoms with van der Waals surface area (Å²) in [4.78, 5) is 12.6. The lowest BCUT2D eigenvalue weighted by Gasteiger charge is -2.18. The van der Waals surface area contributed by atoms with Crippen LogP contribution in [0.3, 0.4) is 0 Å². The Bertz CT molecular complexity index is 1180. The number of benzene rings is 2. The number of sulfonamides is 1. The molecule has 152 valence electrons. The number of carbonyl (C=O) groups is 1. The zero-order valence-electron chi connectivity index (χ0n) is 15.7. The van der Waals surface area contributed by atoms with Crippen LogP contribution >= 0.6 is 15.9 Å². The Balaban J connectivity index is 1.53. The maximum absolute atomic E-state index is 13.0. The fourth-order valence-corrected chi connectivity index (χ4v) is 5.93. The Hall–Kier alpha value is -2.30. The van der Waals surface area contributed by atoms with Crippen LogP contribution in [0, 0.1) is 5.92 Å². The van der Waals surface area contributed by atoms with Crippen LogP contribution in [0.2, 0.25) is 0 Å². The standard InChI is InChI=1S/C19H20BrN5O3S/c1-13-8-9-24(11-13)29(27,28)18-10-14(6-7-15(18)20)21-19(26)12-25-17-5-3-2-4-16(17)22-23-25/h2-7,10,13H,8-9,11-12H2,1H3,(H,21,26)/t13-/m0/s1.